The van der Waals surface area contributed by atoms with Gasteiger partial charge in [-0.2, -0.15) is 0 Å². The fraction of sp³-hybridized carbons (Fsp3) is 1.00. The molecule has 0 aromatic rings. The zero-order chi connectivity index (χ0) is 11.5. The summed E-state index contributed by atoms with van der Waals surface area (Å²) in [6, 6.07) is 0. The smallest absolute Gasteiger partial charge is 0.219 e. The fourth-order valence-corrected chi connectivity index (χ4v) is 1.42. The molecule has 90 valence electrons. The lowest BCUT2D eigenvalue weighted by molar-refractivity contribution is -0.255. The first kappa shape index (κ1) is 12.8. The molecule has 7 nitrogen and oxygen atoms in total. The Labute approximate surface area is 86.5 Å². The summed E-state index contributed by atoms with van der Waals surface area (Å²) in [4.78, 5) is 0. The predicted molar refractivity (Wildman–Crippen MR) is 46.8 cm³/mol. The number of rotatable bonds is 5. The van der Waals surface area contributed by atoms with Crippen molar-refractivity contribution in [1.82, 2.24) is 0 Å². The molecule has 0 bridgehead atoms. The molecule has 15 heavy (non-hydrogen) atoms. The Balaban J connectivity index is 2.53. The molecule has 1 aliphatic heterocycles. The molecule has 1 rings (SSSR count). The van der Waals surface area contributed by atoms with E-state index < -0.39 is 30.7 Å². The third-order valence-electron chi connectivity index (χ3n) is 2.25. The van der Waals surface area contributed by atoms with Gasteiger partial charge in [-0.05, 0) is 0 Å². The Kier molecular flexibility index (Phi) is 4.41. The fourth-order valence-electron chi connectivity index (χ4n) is 1.42. The third-order valence-corrected chi connectivity index (χ3v) is 2.25. The average Bonchev–Trinajstić information content (AvgIpc) is 2.44. The molecule has 4 atom stereocenters. The van der Waals surface area contributed by atoms with Crippen molar-refractivity contribution in [3.05, 3.63) is 0 Å². The van der Waals surface area contributed by atoms with Crippen LogP contribution in [-0.4, -0.2) is 76.1 Å². The maximum Gasteiger partial charge on any atom is 0.219 e. The standard InChI is InChI=1S/C8H16O7/c9-1-2-14-4-8(13)7(12)6(11)5(3-10)15-8/h5-7,9-13H,1-4H2/t5-,6-,7+,8-/m1/s1. The van der Waals surface area contributed by atoms with Crippen LogP contribution in [0, 0.1) is 0 Å². The first-order chi connectivity index (χ1) is 7.05. The maximum atomic E-state index is 9.71. The first-order valence-electron chi connectivity index (χ1n) is 4.61. The number of aliphatic hydroxyl groups is 5. The number of aliphatic hydroxyl groups excluding tert-OH is 4. The molecule has 0 radical (unpaired) electrons. The van der Waals surface area contributed by atoms with E-state index in [1.807, 2.05) is 0 Å². The molecule has 1 aliphatic rings. The normalized spacial score (nSPS) is 41.0. The highest BCUT2D eigenvalue weighted by Crippen LogP contribution is 2.29. The zero-order valence-electron chi connectivity index (χ0n) is 8.11. The lowest BCUT2D eigenvalue weighted by atomic mass is 10.1. The van der Waals surface area contributed by atoms with Crippen LogP contribution in [0.5, 0.6) is 0 Å². The van der Waals surface area contributed by atoms with Crippen LogP contribution >= 0.6 is 0 Å². The molecule has 7 heteroatoms. The van der Waals surface area contributed by atoms with Crippen molar-refractivity contribution in [3.8, 4) is 0 Å². The van der Waals surface area contributed by atoms with Gasteiger partial charge in [0.1, 0.15) is 24.9 Å². The SMILES string of the molecule is OCCOC[C@@]1(O)O[C@H](CO)[C@@H](O)[C@@H]1O. The van der Waals surface area contributed by atoms with Gasteiger partial charge in [0, 0.05) is 0 Å². The van der Waals surface area contributed by atoms with E-state index >= 15 is 0 Å². The minimum Gasteiger partial charge on any atom is -0.394 e. The summed E-state index contributed by atoms with van der Waals surface area (Å²) in [6.45, 7) is -1.14. The topological polar surface area (TPSA) is 120 Å². The van der Waals surface area contributed by atoms with Crippen molar-refractivity contribution in [2.45, 2.75) is 24.1 Å². The quantitative estimate of drug-likeness (QED) is 0.312. The summed E-state index contributed by atoms with van der Waals surface area (Å²) in [7, 11) is 0. The monoisotopic (exact) mass is 224 g/mol. The van der Waals surface area contributed by atoms with Crippen LogP contribution in [0.15, 0.2) is 0 Å². The zero-order valence-corrected chi connectivity index (χ0v) is 8.11. The van der Waals surface area contributed by atoms with Crippen LogP contribution in [-0.2, 0) is 9.47 Å². The molecule has 0 unspecified atom stereocenters. The summed E-state index contributed by atoms with van der Waals surface area (Å²) in [5.41, 5.74) is 0. The Morgan fingerprint density at radius 1 is 1.27 bits per heavy atom. The maximum absolute atomic E-state index is 9.71. The van der Waals surface area contributed by atoms with Gasteiger partial charge in [-0.25, -0.2) is 0 Å². The van der Waals surface area contributed by atoms with Gasteiger partial charge in [0.25, 0.3) is 0 Å². The van der Waals surface area contributed by atoms with E-state index in [-0.39, 0.29) is 19.8 Å². The van der Waals surface area contributed by atoms with Crippen molar-refractivity contribution in [1.29, 1.82) is 0 Å². The van der Waals surface area contributed by atoms with Gasteiger partial charge in [0.05, 0.1) is 19.8 Å². The van der Waals surface area contributed by atoms with Gasteiger partial charge in [0.2, 0.25) is 5.79 Å². The summed E-state index contributed by atoms with van der Waals surface area (Å²) >= 11 is 0. The molecule has 0 aromatic carbocycles. The van der Waals surface area contributed by atoms with Crippen LogP contribution in [0.4, 0.5) is 0 Å². The molecule has 1 saturated heterocycles. The largest absolute Gasteiger partial charge is 0.394 e. The van der Waals surface area contributed by atoms with Crippen molar-refractivity contribution in [3.63, 3.8) is 0 Å². The summed E-state index contributed by atoms with van der Waals surface area (Å²) < 4.78 is 9.67. The second kappa shape index (κ2) is 5.17. The van der Waals surface area contributed by atoms with Gasteiger partial charge in [-0.3, -0.25) is 0 Å². The minimum atomic E-state index is -2.04. The van der Waals surface area contributed by atoms with Crippen molar-refractivity contribution in [2.75, 3.05) is 26.4 Å². The summed E-state index contributed by atoms with van der Waals surface area (Å²) in [5, 5.41) is 45.7. The molecule has 0 amide bonds. The van der Waals surface area contributed by atoms with Crippen LogP contribution in [0.3, 0.4) is 0 Å². The van der Waals surface area contributed by atoms with E-state index in [0.29, 0.717) is 0 Å². The molecule has 0 aliphatic carbocycles. The van der Waals surface area contributed by atoms with E-state index in [9.17, 15) is 15.3 Å². The highest BCUT2D eigenvalue weighted by molar-refractivity contribution is 4.95. The third kappa shape index (κ3) is 2.64. The predicted octanol–water partition coefficient (Wildman–Crippen LogP) is -3.20. The van der Waals surface area contributed by atoms with E-state index in [0.717, 1.165) is 0 Å². The Morgan fingerprint density at radius 2 is 1.93 bits per heavy atom. The van der Waals surface area contributed by atoms with Crippen LogP contribution in [0.1, 0.15) is 0 Å². The van der Waals surface area contributed by atoms with E-state index in [1.54, 1.807) is 0 Å². The first-order valence-corrected chi connectivity index (χ1v) is 4.61. The summed E-state index contributed by atoms with van der Waals surface area (Å²) in [6.07, 6.45) is -3.95. The lowest BCUT2D eigenvalue weighted by Crippen LogP contribution is -2.47. The molecule has 0 aromatic heterocycles. The summed E-state index contributed by atoms with van der Waals surface area (Å²) in [5.74, 6) is -2.04. The number of hydrogen-bond donors (Lipinski definition) is 5. The van der Waals surface area contributed by atoms with Gasteiger partial charge in [0.15, 0.2) is 0 Å². The molecule has 0 saturated carbocycles. The highest BCUT2D eigenvalue weighted by Gasteiger charge is 2.53. The van der Waals surface area contributed by atoms with E-state index in [1.165, 1.54) is 0 Å². The van der Waals surface area contributed by atoms with Gasteiger partial charge in [-0.15, -0.1) is 0 Å². The Morgan fingerprint density at radius 3 is 2.40 bits per heavy atom. The van der Waals surface area contributed by atoms with E-state index in [4.69, 9.17) is 19.7 Å². The van der Waals surface area contributed by atoms with Crippen LogP contribution in [0.2, 0.25) is 0 Å². The van der Waals surface area contributed by atoms with Crippen LogP contribution in [0.25, 0.3) is 0 Å². The van der Waals surface area contributed by atoms with E-state index in [2.05, 4.69) is 0 Å². The molecular weight excluding hydrogens is 208 g/mol. The second-order valence-corrected chi connectivity index (χ2v) is 3.40. The minimum absolute atomic E-state index is 0.0156. The average molecular weight is 224 g/mol. The van der Waals surface area contributed by atoms with Gasteiger partial charge < -0.3 is 35.0 Å². The highest BCUT2D eigenvalue weighted by atomic mass is 16.7. The Bertz CT molecular complexity index is 199. The molecule has 0 spiro atoms. The van der Waals surface area contributed by atoms with Gasteiger partial charge >= 0.3 is 0 Å². The van der Waals surface area contributed by atoms with Crippen LogP contribution < -0.4 is 0 Å². The van der Waals surface area contributed by atoms with Crippen molar-refractivity contribution in [2.24, 2.45) is 0 Å². The number of ether oxygens (including phenoxy) is 2. The van der Waals surface area contributed by atoms with Crippen molar-refractivity contribution >= 4 is 0 Å². The molecule has 5 N–H and O–H groups in total. The van der Waals surface area contributed by atoms with Gasteiger partial charge in [-0.1, -0.05) is 0 Å². The Hall–Kier alpha value is -0.280. The molecular formula is C8H16O7. The number of hydrogen-bond acceptors (Lipinski definition) is 7. The molecule has 1 heterocycles. The second-order valence-electron chi connectivity index (χ2n) is 3.40. The molecule has 1 fully saturated rings. The lowest BCUT2D eigenvalue weighted by Gasteiger charge is -2.25. The van der Waals surface area contributed by atoms with Crippen molar-refractivity contribution < 1.29 is 35.0 Å².